The van der Waals surface area contributed by atoms with Gasteiger partial charge in [0, 0.05) is 39.2 Å². The van der Waals surface area contributed by atoms with Crippen LogP contribution in [0, 0.1) is 0 Å². The van der Waals surface area contributed by atoms with E-state index in [1.165, 1.54) is 67.4 Å². The van der Waals surface area contributed by atoms with E-state index in [0.717, 1.165) is 43.0 Å². The summed E-state index contributed by atoms with van der Waals surface area (Å²) in [6.07, 6.45) is -4.14. The Morgan fingerprint density at radius 2 is 1.59 bits per heavy atom. The van der Waals surface area contributed by atoms with Crippen molar-refractivity contribution in [2.24, 2.45) is 0 Å². The molecule has 3 heterocycles. The zero-order valence-electron chi connectivity index (χ0n) is 28.7. The van der Waals surface area contributed by atoms with Crippen LogP contribution in [0.15, 0.2) is 77.7 Å². The second-order valence-corrected chi connectivity index (χ2v) is 15.4. The lowest BCUT2D eigenvalue weighted by atomic mass is 9.93. The highest BCUT2D eigenvalue weighted by atomic mass is 32.2. The molecule has 6 rings (SSSR count). The molecule has 1 atom stereocenters. The van der Waals surface area contributed by atoms with Crippen LogP contribution in [0.25, 0.3) is 22.2 Å². The van der Waals surface area contributed by atoms with Gasteiger partial charge in [-0.15, -0.1) is 11.8 Å². The summed E-state index contributed by atoms with van der Waals surface area (Å²) in [5.74, 6) is -0.966. The van der Waals surface area contributed by atoms with Gasteiger partial charge in [-0.3, -0.25) is 9.69 Å². The van der Waals surface area contributed by atoms with Gasteiger partial charge >= 0.3 is 12.4 Å². The number of hydrogen-bond acceptors (Lipinski definition) is 5. The summed E-state index contributed by atoms with van der Waals surface area (Å²) in [6.45, 7) is 7.59. The summed E-state index contributed by atoms with van der Waals surface area (Å²) in [7, 11) is 0. The van der Waals surface area contributed by atoms with E-state index in [4.69, 9.17) is 4.98 Å². The smallest absolute Gasteiger partial charge is 0.337 e. The predicted octanol–water partition coefficient (Wildman–Crippen LogP) is 9.90. The Balaban J connectivity index is 1.50. The van der Waals surface area contributed by atoms with E-state index in [9.17, 15) is 31.1 Å². The first-order chi connectivity index (χ1) is 24.3. The fourth-order valence-corrected chi connectivity index (χ4v) is 8.15. The third kappa shape index (κ3) is 8.89. The van der Waals surface area contributed by atoms with Gasteiger partial charge in [-0.25, -0.2) is 4.98 Å². The number of piperidine rings is 2. The average molecular weight is 729 g/mol. The fraction of sp³-hybridized carbons (Fsp3) is 0.436. The Hall–Kier alpha value is -3.61. The van der Waals surface area contributed by atoms with Crippen molar-refractivity contribution in [2.45, 2.75) is 87.1 Å². The van der Waals surface area contributed by atoms with Gasteiger partial charge in [-0.05, 0) is 87.8 Å². The second kappa shape index (κ2) is 15.6. The van der Waals surface area contributed by atoms with E-state index in [1.807, 2.05) is 19.9 Å². The molecule has 4 aromatic rings. The lowest BCUT2D eigenvalue weighted by Crippen LogP contribution is -2.46. The quantitative estimate of drug-likeness (QED) is 0.137. The number of amides is 1. The number of aromatic nitrogens is 1. The van der Waals surface area contributed by atoms with E-state index in [0.29, 0.717) is 35.6 Å². The van der Waals surface area contributed by atoms with Crippen LogP contribution in [-0.2, 0) is 12.7 Å². The molecule has 2 saturated heterocycles. The number of carbonyl (C=O) groups excluding carboxylic acids is 1. The number of likely N-dealkylation sites (tertiary alicyclic amines) is 2. The first-order valence-corrected chi connectivity index (χ1v) is 18.4. The number of fused-ring (bicyclic) bond motifs is 1. The molecule has 3 aromatic carbocycles. The molecule has 2 aliphatic heterocycles. The molecule has 0 aliphatic carbocycles. The number of pyridine rings is 1. The van der Waals surface area contributed by atoms with Crippen molar-refractivity contribution in [1.29, 1.82) is 0 Å². The topological polar surface area (TPSA) is 48.5 Å². The Morgan fingerprint density at radius 1 is 0.882 bits per heavy atom. The van der Waals surface area contributed by atoms with E-state index in [1.54, 1.807) is 18.2 Å². The molecule has 2 aliphatic rings. The van der Waals surface area contributed by atoms with Gasteiger partial charge in [0.05, 0.1) is 22.3 Å². The lowest BCUT2D eigenvalue weighted by Gasteiger charge is -2.40. The monoisotopic (exact) mass is 728 g/mol. The van der Waals surface area contributed by atoms with Gasteiger partial charge in [0.2, 0.25) is 0 Å². The van der Waals surface area contributed by atoms with Crippen molar-refractivity contribution in [1.82, 2.24) is 20.1 Å². The second-order valence-electron chi connectivity index (χ2n) is 13.7. The van der Waals surface area contributed by atoms with Crippen molar-refractivity contribution in [3.8, 4) is 11.3 Å². The van der Waals surface area contributed by atoms with E-state index in [-0.39, 0.29) is 34.2 Å². The lowest BCUT2D eigenvalue weighted by molar-refractivity contribution is -0.155. The molecular formula is C39H42F6N4OS. The van der Waals surface area contributed by atoms with Crippen LogP contribution in [0.4, 0.5) is 26.3 Å². The Morgan fingerprint density at radius 3 is 2.24 bits per heavy atom. The summed E-state index contributed by atoms with van der Waals surface area (Å²) < 4.78 is 85.8. The van der Waals surface area contributed by atoms with Gasteiger partial charge in [0.1, 0.15) is 0 Å². The van der Waals surface area contributed by atoms with Crippen LogP contribution in [0.1, 0.15) is 79.0 Å². The summed E-state index contributed by atoms with van der Waals surface area (Å²) >= 11 is 1.53. The molecule has 0 saturated carbocycles. The fourth-order valence-electron chi connectivity index (χ4n) is 7.27. The number of carbonyl (C=O) groups is 1. The number of halogens is 6. The number of hydrogen-bond donors (Lipinski definition) is 1. The number of rotatable bonds is 9. The zero-order valence-corrected chi connectivity index (χ0v) is 29.5. The Bertz CT molecular complexity index is 1820. The minimum absolute atomic E-state index is 0.0121. The molecule has 1 aromatic heterocycles. The highest BCUT2D eigenvalue weighted by Gasteiger charge is 2.43. The van der Waals surface area contributed by atoms with Crippen LogP contribution in [0.3, 0.4) is 0 Å². The maximum Gasteiger partial charge on any atom is 0.416 e. The molecule has 0 unspecified atom stereocenters. The minimum atomic E-state index is -4.82. The Kier molecular flexibility index (Phi) is 11.3. The number of benzene rings is 3. The number of nitrogens with zero attached hydrogens (tertiary/aromatic N) is 3. The standard InChI is InChI=1S/C39H42F6N4OS/c1-25(2)51-30-14-15-33-31(23-30)34(37(50)47-36(39(43,44)45)26-10-5-3-6-11-26)32(35(46-33)27-12-9-13-28(22-27)38(40,41)42)24-48-20-16-29(17-21-48)49-18-7-4-8-19-49/h3,5-6,9-15,22-23,25,29,36H,4,7-8,16-21,24H2,1-2H3,(H,47,50)/t36-/m1/s1. The molecule has 1 amide bonds. The SMILES string of the molecule is CC(C)Sc1ccc2nc(-c3cccc(C(F)(F)F)c3)c(CN3CCC(N4CCCCC4)CC3)c(C(=O)N[C@H](c3ccccc3)C(F)(F)F)c2c1. The molecule has 0 spiro atoms. The van der Waals surface area contributed by atoms with Gasteiger partial charge in [0.25, 0.3) is 5.91 Å². The van der Waals surface area contributed by atoms with Crippen molar-refractivity contribution >= 4 is 28.6 Å². The third-order valence-corrected chi connectivity index (χ3v) is 10.7. The van der Waals surface area contributed by atoms with Crippen molar-refractivity contribution in [2.75, 3.05) is 26.2 Å². The first-order valence-electron chi connectivity index (χ1n) is 17.5. The summed E-state index contributed by atoms with van der Waals surface area (Å²) in [5.41, 5.74) is -0.146. The van der Waals surface area contributed by atoms with E-state index >= 15 is 0 Å². The normalized spacial score (nSPS) is 17.6. The first kappa shape index (κ1) is 37.2. The largest absolute Gasteiger partial charge is 0.416 e. The maximum absolute atomic E-state index is 14.6. The van der Waals surface area contributed by atoms with Crippen molar-refractivity contribution in [3.63, 3.8) is 0 Å². The number of thioether (sulfide) groups is 1. The summed E-state index contributed by atoms with van der Waals surface area (Å²) in [6, 6.07) is 15.3. The highest BCUT2D eigenvalue weighted by molar-refractivity contribution is 7.99. The van der Waals surface area contributed by atoms with E-state index in [2.05, 4.69) is 15.1 Å². The maximum atomic E-state index is 14.6. The van der Waals surface area contributed by atoms with Crippen LogP contribution in [0.2, 0.25) is 0 Å². The van der Waals surface area contributed by atoms with Crippen LogP contribution < -0.4 is 5.32 Å². The van der Waals surface area contributed by atoms with Crippen LogP contribution >= 0.6 is 11.8 Å². The van der Waals surface area contributed by atoms with Gasteiger partial charge < -0.3 is 10.2 Å². The van der Waals surface area contributed by atoms with Crippen LogP contribution in [-0.4, -0.2) is 64.3 Å². The van der Waals surface area contributed by atoms with Gasteiger partial charge in [0.15, 0.2) is 6.04 Å². The van der Waals surface area contributed by atoms with Gasteiger partial charge in [-0.2, -0.15) is 26.3 Å². The molecule has 5 nitrogen and oxygen atoms in total. The minimum Gasteiger partial charge on any atom is -0.337 e. The average Bonchev–Trinajstić information content (AvgIpc) is 3.10. The van der Waals surface area contributed by atoms with Crippen LogP contribution in [0.5, 0.6) is 0 Å². The van der Waals surface area contributed by atoms with Crippen molar-refractivity contribution < 1.29 is 31.1 Å². The van der Waals surface area contributed by atoms with Crippen molar-refractivity contribution in [3.05, 3.63) is 95.1 Å². The molecule has 12 heteroatoms. The molecule has 0 radical (unpaired) electrons. The highest BCUT2D eigenvalue weighted by Crippen LogP contribution is 2.39. The summed E-state index contributed by atoms with van der Waals surface area (Å²) in [4.78, 5) is 24.8. The molecule has 272 valence electrons. The Labute approximate surface area is 298 Å². The third-order valence-electron chi connectivity index (χ3n) is 9.70. The molecule has 2 fully saturated rings. The summed E-state index contributed by atoms with van der Waals surface area (Å²) in [5, 5.41) is 2.80. The number of alkyl halides is 6. The van der Waals surface area contributed by atoms with Gasteiger partial charge in [-0.1, -0.05) is 62.7 Å². The van der Waals surface area contributed by atoms with E-state index < -0.39 is 29.9 Å². The number of nitrogens with one attached hydrogen (secondary N) is 1. The molecular weight excluding hydrogens is 687 g/mol. The molecule has 51 heavy (non-hydrogen) atoms. The zero-order chi connectivity index (χ0) is 36.3. The molecule has 1 N–H and O–H groups in total. The molecule has 0 bridgehead atoms. The predicted molar refractivity (Wildman–Crippen MR) is 190 cm³/mol.